The number of rotatable bonds is 2. The minimum atomic E-state index is 0.269. The van der Waals surface area contributed by atoms with Crippen molar-refractivity contribution in [3.8, 4) is 12.3 Å². The largest absolute Gasteiger partial charge is 0.376 e. The van der Waals surface area contributed by atoms with Gasteiger partial charge in [0.1, 0.15) is 12.7 Å². The van der Waals surface area contributed by atoms with Crippen molar-refractivity contribution in [1.29, 1.82) is 0 Å². The Balaban J connectivity index is 1.95. The summed E-state index contributed by atoms with van der Waals surface area (Å²) in [5, 5.41) is 0. The number of terminal acetylenes is 1. The quantitative estimate of drug-likeness (QED) is 0.469. The zero-order chi connectivity index (χ0) is 5.82. The molecule has 0 bridgehead atoms. The fourth-order valence-electron chi connectivity index (χ4n) is 0.476. The Kier molecular flexibility index (Phi) is 1.90. The monoisotopic (exact) mass is 112 g/mol. The average Bonchev–Trinajstić information content (AvgIpc) is 1.63. The molecule has 8 heavy (non-hydrogen) atoms. The van der Waals surface area contributed by atoms with Crippen LogP contribution in [0.3, 0.4) is 0 Å². The number of hydrogen-bond donors (Lipinski definition) is 0. The Hall–Kier alpha value is -0.520. The molecule has 1 heterocycles. The van der Waals surface area contributed by atoms with E-state index in [1.54, 1.807) is 0 Å². The second kappa shape index (κ2) is 2.71. The van der Waals surface area contributed by atoms with Crippen LogP contribution in [0.4, 0.5) is 0 Å². The van der Waals surface area contributed by atoms with Crippen LogP contribution in [-0.2, 0) is 9.47 Å². The van der Waals surface area contributed by atoms with E-state index in [9.17, 15) is 0 Å². The van der Waals surface area contributed by atoms with Crippen molar-refractivity contribution in [2.24, 2.45) is 0 Å². The SMILES string of the molecule is C#CCOC1COC1. The first-order valence-corrected chi connectivity index (χ1v) is 2.56. The van der Waals surface area contributed by atoms with E-state index < -0.39 is 0 Å². The third-order valence-corrected chi connectivity index (χ3v) is 1.01. The average molecular weight is 112 g/mol. The molecule has 0 aromatic rings. The molecule has 0 saturated carbocycles. The van der Waals surface area contributed by atoms with Crippen LogP contribution in [0, 0.1) is 12.3 Å². The summed E-state index contributed by atoms with van der Waals surface area (Å²) in [5.41, 5.74) is 0. The summed E-state index contributed by atoms with van der Waals surface area (Å²) in [6, 6.07) is 0. The molecule has 1 saturated heterocycles. The highest BCUT2D eigenvalue weighted by molar-refractivity contribution is 4.84. The molecule has 0 spiro atoms. The number of ether oxygens (including phenoxy) is 2. The molecule has 1 aliphatic heterocycles. The molecule has 1 aliphatic rings. The van der Waals surface area contributed by atoms with Crippen molar-refractivity contribution in [3.63, 3.8) is 0 Å². The Bertz CT molecular complexity index is 99.6. The van der Waals surface area contributed by atoms with E-state index in [1.165, 1.54) is 0 Å². The van der Waals surface area contributed by atoms with Gasteiger partial charge in [-0.3, -0.25) is 0 Å². The summed E-state index contributed by atoms with van der Waals surface area (Å²) in [4.78, 5) is 0. The third-order valence-electron chi connectivity index (χ3n) is 1.01. The highest BCUT2D eigenvalue weighted by atomic mass is 16.6. The molecule has 2 nitrogen and oxygen atoms in total. The van der Waals surface area contributed by atoms with Gasteiger partial charge < -0.3 is 9.47 Å². The maximum absolute atomic E-state index is 5.07. The van der Waals surface area contributed by atoms with E-state index in [2.05, 4.69) is 5.92 Å². The molecule has 0 aliphatic carbocycles. The van der Waals surface area contributed by atoms with E-state index >= 15 is 0 Å². The second-order valence-corrected chi connectivity index (χ2v) is 1.67. The maximum Gasteiger partial charge on any atom is 0.108 e. The van der Waals surface area contributed by atoms with Gasteiger partial charge in [0.05, 0.1) is 13.2 Å². The van der Waals surface area contributed by atoms with Crippen molar-refractivity contribution >= 4 is 0 Å². The highest BCUT2D eigenvalue weighted by Gasteiger charge is 2.17. The topological polar surface area (TPSA) is 18.5 Å². The van der Waals surface area contributed by atoms with Crippen LogP contribution in [0.2, 0.25) is 0 Å². The van der Waals surface area contributed by atoms with Crippen LogP contribution < -0.4 is 0 Å². The Labute approximate surface area is 48.8 Å². The highest BCUT2D eigenvalue weighted by Crippen LogP contribution is 2.03. The van der Waals surface area contributed by atoms with Gasteiger partial charge in [-0.05, 0) is 0 Å². The standard InChI is InChI=1S/C6H8O2/c1-2-3-8-6-4-7-5-6/h1,6H,3-5H2. The first kappa shape index (κ1) is 5.61. The van der Waals surface area contributed by atoms with Crippen LogP contribution in [0.25, 0.3) is 0 Å². The third kappa shape index (κ3) is 1.22. The van der Waals surface area contributed by atoms with Crippen molar-refractivity contribution in [2.45, 2.75) is 6.10 Å². The van der Waals surface area contributed by atoms with Gasteiger partial charge in [0, 0.05) is 0 Å². The van der Waals surface area contributed by atoms with Gasteiger partial charge in [-0.15, -0.1) is 6.42 Å². The van der Waals surface area contributed by atoms with Gasteiger partial charge in [0.15, 0.2) is 0 Å². The van der Waals surface area contributed by atoms with Crippen LogP contribution in [0.1, 0.15) is 0 Å². The van der Waals surface area contributed by atoms with Crippen LogP contribution in [0.5, 0.6) is 0 Å². The predicted molar refractivity (Wildman–Crippen MR) is 29.4 cm³/mol. The minimum Gasteiger partial charge on any atom is -0.376 e. The smallest absolute Gasteiger partial charge is 0.108 e. The minimum absolute atomic E-state index is 0.269. The van der Waals surface area contributed by atoms with Crippen molar-refractivity contribution in [2.75, 3.05) is 19.8 Å². The summed E-state index contributed by atoms with van der Waals surface area (Å²) in [7, 11) is 0. The van der Waals surface area contributed by atoms with E-state index in [1.807, 2.05) is 0 Å². The van der Waals surface area contributed by atoms with E-state index in [0.717, 1.165) is 0 Å². The van der Waals surface area contributed by atoms with Gasteiger partial charge in [0.2, 0.25) is 0 Å². The normalized spacial score (nSPS) is 19.4. The molecule has 0 aromatic heterocycles. The Morgan fingerprint density at radius 1 is 1.75 bits per heavy atom. The summed E-state index contributed by atoms with van der Waals surface area (Å²) in [5.74, 6) is 2.39. The summed E-state index contributed by atoms with van der Waals surface area (Å²) in [6.45, 7) is 1.83. The lowest BCUT2D eigenvalue weighted by Crippen LogP contribution is -2.36. The van der Waals surface area contributed by atoms with Crippen LogP contribution in [-0.4, -0.2) is 25.9 Å². The molecular weight excluding hydrogens is 104 g/mol. The van der Waals surface area contributed by atoms with Gasteiger partial charge in [0.25, 0.3) is 0 Å². The zero-order valence-corrected chi connectivity index (χ0v) is 4.59. The van der Waals surface area contributed by atoms with E-state index in [4.69, 9.17) is 15.9 Å². The molecular formula is C6H8O2. The lowest BCUT2D eigenvalue weighted by atomic mass is 10.3. The number of hydrogen-bond acceptors (Lipinski definition) is 2. The van der Waals surface area contributed by atoms with E-state index in [-0.39, 0.29) is 6.10 Å². The molecule has 1 rings (SSSR count). The summed E-state index contributed by atoms with van der Waals surface area (Å²) in [6.07, 6.45) is 5.21. The van der Waals surface area contributed by atoms with Gasteiger partial charge in [-0.25, -0.2) is 0 Å². The fraction of sp³-hybridized carbons (Fsp3) is 0.667. The molecule has 0 atom stereocenters. The molecule has 44 valence electrons. The van der Waals surface area contributed by atoms with Crippen molar-refractivity contribution < 1.29 is 9.47 Å². The van der Waals surface area contributed by atoms with Crippen molar-refractivity contribution in [3.05, 3.63) is 0 Å². The first-order chi connectivity index (χ1) is 3.93. The molecule has 0 N–H and O–H groups in total. The zero-order valence-electron chi connectivity index (χ0n) is 4.59. The fourth-order valence-corrected chi connectivity index (χ4v) is 0.476. The molecule has 0 radical (unpaired) electrons. The lowest BCUT2D eigenvalue weighted by Gasteiger charge is -2.24. The summed E-state index contributed by atoms with van der Waals surface area (Å²) >= 11 is 0. The maximum atomic E-state index is 5.07. The molecule has 0 aromatic carbocycles. The Morgan fingerprint density at radius 2 is 2.50 bits per heavy atom. The van der Waals surface area contributed by atoms with Crippen LogP contribution >= 0.6 is 0 Å². The van der Waals surface area contributed by atoms with Gasteiger partial charge in [-0.1, -0.05) is 5.92 Å². The first-order valence-electron chi connectivity index (χ1n) is 2.56. The molecule has 2 heteroatoms. The molecule has 0 unspecified atom stereocenters. The van der Waals surface area contributed by atoms with Gasteiger partial charge in [-0.2, -0.15) is 0 Å². The predicted octanol–water partition coefficient (Wildman–Crippen LogP) is 0.0350. The lowest BCUT2D eigenvalue weighted by molar-refractivity contribution is -0.121. The molecule has 1 fully saturated rings. The molecule has 0 amide bonds. The van der Waals surface area contributed by atoms with E-state index in [0.29, 0.717) is 19.8 Å². The summed E-state index contributed by atoms with van der Waals surface area (Å²) < 4.78 is 9.90. The van der Waals surface area contributed by atoms with Crippen LogP contribution in [0.15, 0.2) is 0 Å². The van der Waals surface area contributed by atoms with Crippen molar-refractivity contribution in [1.82, 2.24) is 0 Å². The van der Waals surface area contributed by atoms with Gasteiger partial charge >= 0.3 is 0 Å². The second-order valence-electron chi connectivity index (χ2n) is 1.67. The Morgan fingerprint density at radius 3 is 2.88 bits per heavy atom.